The van der Waals surface area contributed by atoms with Gasteiger partial charge in [-0.05, 0) is 46.0 Å². The lowest BCUT2D eigenvalue weighted by atomic mass is 9.97. The van der Waals surface area contributed by atoms with Crippen molar-refractivity contribution in [3.05, 3.63) is 28.2 Å². The van der Waals surface area contributed by atoms with E-state index in [2.05, 4.69) is 50.9 Å². The van der Waals surface area contributed by atoms with Gasteiger partial charge in [-0.3, -0.25) is 0 Å². The van der Waals surface area contributed by atoms with Gasteiger partial charge >= 0.3 is 0 Å². The molecule has 3 atom stereocenters. The number of rotatable bonds is 3. The fraction of sp³-hybridized carbons (Fsp3) is 0.538. The van der Waals surface area contributed by atoms with Crippen LogP contribution in [0.2, 0.25) is 0 Å². The summed E-state index contributed by atoms with van der Waals surface area (Å²) in [7, 11) is 1.67. The average Bonchev–Trinajstić information content (AvgIpc) is 2.74. The molecule has 4 heteroatoms. The summed E-state index contributed by atoms with van der Waals surface area (Å²) in [6.07, 6.45) is 1.40. The van der Waals surface area contributed by atoms with Gasteiger partial charge in [0.1, 0.15) is 5.75 Å². The molecule has 1 heterocycles. The molecule has 1 aromatic carbocycles. The van der Waals surface area contributed by atoms with Crippen LogP contribution >= 0.6 is 31.9 Å². The van der Waals surface area contributed by atoms with E-state index in [1.165, 1.54) is 5.56 Å². The smallest absolute Gasteiger partial charge is 0.133 e. The second-order valence-corrected chi connectivity index (χ2v) is 6.24. The maximum atomic E-state index is 5.78. The van der Waals surface area contributed by atoms with Crippen LogP contribution in [0.15, 0.2) is 22.7 Å². The summed E-state index contributed by atoms with van der Waals surface area (Å²) in [5.41, 5.74) is 1.22. The molecule has 17 heavy (non-hydrogen) atoms. The van der Waals surface area contributed by atoms with Gasteiger partial charge in [-0.15, -0.1) is 0 Å². The molecule has 1 aromatic rings. The van der Waals surface area contributed by atoms with Crippen LogP contribution in [0.4, 0.5) is 0 Å². The molecule has 0 aliphatic carbocycles. The third-order valence-corrected chi connectivity index (χ3v) is 4.90. The Morgan fingerprint density at radius 3 is 2.76 bits per heavy atom. The Morgan fingerprint density at radius 2 is 2.24 bits per heavy atom. The Bertz CT molecular complexity index is 395. The van der Waals surface area contributed by atoms with Crippen molar-refractivity contribution >= 4 is 31.9 Å². The highest BCUT2D eigenvalue weighted by Gasteiger charge is 2.31. The minimum Gasteiger partial charge on any atom is -0.496 e. The van der Waals surface area contributed by atoms with E-state index in [-0.39, 0.29) is 10.9 Å². The lowest BCUT2D eigenvalue weighted by molar-refractivity contribution is 0.0935. The molecule has 2 nitrogen and oxygen atoms in total. The molecular formula is C13H16Br2O2. The molecule has 1 saturated heterocycles. The van der Waals surface area contributed by atoms with E-state index in [1.54, 1.807) is 7.11 Å². The van der Waals surface area contributed by atoms with Gasteiger partial charge in [0.2, 0.25) is 0 Å². The maximum absolute atomic E-state index is 5.78. The lowest BCUT2D eigenvalue weighted by Crippen LogP contribution is -2.19. The van der Waals surface area contributed by atoms with Crippen molar-refractivity contribution in [2.24, 2.45) is 5.92 Å². The highest BCUT2D eigenvalue weighted by atomic mass is 79.9. The Labute approximate surface area is 119 Å². The van der Waals surface area contributed by atoms with Crippen molar-refractivity contribution in [3.8, 4) is 5.75 Å². The third-order valence-electron chi connectivity index (χ3n) is 3.23. The third kappa shape index (κ3) is 2.85. The number of ether oxygens (including phenoxy) is 2. The van der Waals surface area contributed by atoms with E-state index in [1.807, 2.05) is 6.07 Å². The zero-order valence-electron chi connectivity index (χ0n) is 9.95. The molecule has 94 valence electrons. The zero-order valence-corrected chi connectivity index (χ0v) is 13.1. The summed E-state index contributed by atoms with van der Waals surface area (Å²) in [5.74, 6) is 1.45. The molecule has 1 fully saturated rings. The molecule has 0 N–H and O–H groups in total. The number of halogens is 2. The van der Waals surface area contributed by atoms with Gasteiger partial charge < -0.3 is 9.47 Å². The first-order valence-electron chi connectivity index (χ1n) is 5.72. The van der Waals surface area contributed by atoms with Gasteiger partial charge in [-0.25, -0.2) is 0 Å². The van der Waals surface area contributed by atoms with Crippen molar-refractivity contribution in [1.82, 2.24) is 0 Å². The molecule has 3 unspecified atom stereocenters. The van der Waals surface area contributed by atoms with Crippen LogP contribution in [0, 0.1) is 5.92 Å². The highest BCUT2D eigenvalue weighted by molar-refractivity contribution is 9.10. The van der Waals surface area contributed by atoms with Crippen molar-refractivity contribution in [2.45, 2.75) is 24.3 Å². The molecule has 0 aromatic heterocycles. The molecule has 1 aliphatic rings. The van der Waals surface area contributed by atoms with Crippen LogP contribution < -0.4 is 4.74 Å². The average molecular weight is 364 g/mol. The normalized spacial score (nSPS) is 25.9. The first-order chi connectivity index (χ1) is 8.13. The van der Waals surface area contributed by atoms with Crippen molar-refractivity contribution in [1.29, 1.82) is 0 Å². The topological polar surface area (TPSA) is 18.5 Å². The van der Waals surface area contributed by atoms with Crippen molar-refractivity contribution in [2.75, 3.05) is 13.7 Å². The first kappa shape index (κ1) is 13.4. The van der Waals surface area contributed by atoms with E-state index in [0.29, 0.717) is 5.92 Å². The van der Waals surface area contributed by atoms with E-state index in [9.17, 15) is 0 Å². The summed E-state index contributed by atoms with van der Waals surface area (Å²) in [6, 6.07) is 6.15. The van der Waals surface area contributed by atoms with Crippen LogP contribution in [-0.4, -0.2) is 19.8 Å². The van der Waals surface area contributed by atoms with Crippen molar-refractivity contribution in [3.63, 3.8) is 0 Å². The minimum atomic E-state index is 0.238. The van der Waals surface area contributed by atoms with E-state index in [0.717, 1.165) is 23.2 Å². The van der Waals surface area contributed by atoms with Gasteiger partial charge in [-0.2, -0.15) is 0 Å². The molecule has 1 aliphatic heterocycles. The number of benzene rings is 1. The summed E-state index contributed by atoms with van der Waals surface area (Å²) >= 11 is 7.26. The van der Waals surface area contributed by atoms with Crippen LogP contribution in [0.25, 0.3) is 0 Å². The molecule has 0 spiro atoms. The summed E-state index contributed by atoms with van der Waals surface area (Å²) < 4.78 is 12.0. The lowest BCUT2D eigenvalue weighted by Gasteiger charge is -2.21. The van der Waals surface area contributed by atoms with Gasteiger partial charge in [0.15, 0.2) is 0 Å². The second-order valence-electron chi connectivity index (χ2n) is 4.40. The maximum Gasteiger partial charge on any atom is 0.133 e. The Morgan fingerprint density at radius 1 is 1.47 bits per heavy atom. The molecular weight excluding hydrogens is 348 g/mol. The number of alkyl halides is 1. The van der Waals surface area contributed by atoms with E-state index >= 15 is 0 Å². The number of hydrogen-bond donors (Lipinski definition) is 0. The van der Waals surface area contributed by atoms with E-state index < -0.39 is 0 Å². The monoisotopic (exact) mass is 362 g/mol. The van der Waals surface area contributed by atoms with Crippen LogP contribution in [-0.2, 0) is 4.74 Å². The number of methoxy groups -OCH3 is 1. The molecule has 0 amide bonds. The largest absolute Gasteiger partial charge is 0.496 e. The molecule has 0 bridgehead atoms. The van der Waals surface area contributed by atoms with Gasteiger partial charge in [0.25, 0.3) is 0 Å². The fourth-order valence-corrected chi connectivity index (χ4v) is 3.65. The zero-order chi connectivity index (χ0) is 12.4. The highest BCUT2D eigenvalue weighted by Crippen LogP contribution is 2.39. The Balaban J connectivity index is 2.19. The Kier molecular flexibility index (Phi) is 4.50. The minimum absolute atomic E-state index is 0.238. The van der Waals surface area contributed by atoms with Gasteiger partial charge in [0, 0.05) is 6.61 Å². The van der Waals surface area contributed by atoms with Crippen LogP contribution in [0.1, 0.15) is 23.7 Å². The van der Waals surface area contributed by atoms with Crippen molar-refractivity contribution < 1.29 is 9.47 Å². The molecule has 2 rings (SSSR count). The molecule has 0 saturated carbocycles. The van der Waals surface area contributed by atoms with Crippen LogP contribution in [0.5, 0.6) is 5.75 Å². The predicted molar refractivity (Wildman–Crippen MR) is 75.9 cm³/mol. The summed E-state index contributed by atoms with van der Waals surface area (Å²) in [5, 5.41) is 0. The SMILES string of the molecule is COc1ccc(C(Br)C2OCCC2C)cc1Br. The van der Waals surface area contributed by atoms with Gasteiger partial charge in [0.05, 0.1) is 22.5 Å². The van der Waals surface area contributed by atoms with Gasteiger partial charge in [-0.1, -0.05) is 28.9 Å². The molecule has 0 radical (unpaired) electrons. The van der Waals surface area contributed by atoms with Crippen LogP contribution in [0.3, 0.4) is 0 Å². The number of hydrogen-bond acceptors (Lipinski definition) is 2. The predicted octanol–water partition coefficient (Wildman–Crippen LogP) is 4.32. The standard InChI is InChI=1S/C13H16Br2O2/c1-8-5-6-17-13(8)12(15)9-3-4-11(16-2)10(14)7-9/h3-4,7-8,12-13H,5-6H2,1-2H3. The quantitative estimate of drug-likeness (QED) is 0.744. The second kappa shape index (κ2) is 5.72. The first-order valence-corrected chi connectivity index (χ1v) is 7.43. The Hall–Kier alpha value is -0.0600. The van der Waals surface area contributed by atoms with E-state index in [4.69, 9.17) is 9.47 Å². The summed E-state index contributed by atoms with van der Waals surface area (Å²) in [6.45, 7) is 3.11. The summed E-state index contributed by atoms with van der Waals surface area (Å²) in [4.78, 5) is 0.238. The fourth-order valence-electron chi connectivity index (χ4n) is 2.14.